The van der Waals surface area contributed by atoms with Crippen LogP contribution in [0.1, 0.15) is 22.3 Å². The Labute approximate surface area is 325 Å². The third kappa shape index (κ3) is 5.56. The Morgan fingerprint density at radius 3 is 1.11 bits per heavy atom. The summed E-state index contributed by atoms with van der Waals surface area (Å²) in [6.45, 7) is 0.155. The fraction of sp³-hybridized carbons (Fsp3) is 0.0189. The van der Waals surface area contributed by atoms with Gasteiger partial charge in [-0.2, -0.15) is 0 Å². The number of benzene rings is 9. The Morgan fingerprint density at radius 1 is 0.273 bits per heavy atom. The standard InChI is InChI=1S/C53H38B2/c1-6-21-40(22-7-1)53(50-32-18-20-39-19-16-17-31-47(39)50)51-37-45(54(41-23-8-2-9-24-41)42-25-10-3-11-26-42)33-35-48(51)49-36-34-46(38-52(49)53)55(43-27-12-4-13-28-43)44-29-14-5-15-30-44/h1-38H. The molecule has 0 saturated carbocycles. The molecule has 1 aliphatic carbocycles. The summed E-state index contributed by atoms with van der Waals surface area (Å²) in [6.07, 6.45) is 0. The van der Waals surface area contributed by atoms with Crippen LogP contribution in [0.2, 0.25) is 0 Å². The van der Waals surface area contributed by atoms with Crippen LogP contribution in [0.3, 0.4) is 0 Å². The zero-order chi connectivity index (χ0) is 36.6. The molecule has 256 valence electrons. The van der Waals surface area contributed by atoms with Gasteiger partial charge in [-0.15, -0.1) is 0 Å². The summed E-state index contributed by atoms with van der Waals surface area (Å²) in [4.78, 5) is 0. The van der Waals surface area contributed by atoms with Gasteiger partial charge in [-0.05, 0) is 44.2 Å². The molecular weight excluding hydrogens is 658 g/mol. The van der Waals surface area contributed by atoms with Crippen LogP contribution < -0.4 is 32.8 Å². The third-order valence-electron chi connectivity index (χ3n) is 11.8. The summed E-state index contributed by atoms with van der Waals surface area (Å²) in [5.41, 5.74) is 14.9. The minimum atomic E-state index is -0.589. The molecule has 2 heteroatoms. The first-order valence-electron chi connectivity index (χ1n) is 19.3. The molecule has 0 fully saturated rings. The number of fused-ring (bicyclic) bond motifs is 4. The molecule has 0 aromatic heterocycles. The third-order valence-corrected chi connectivity index (χ3v) is 11.8. The second-order valence-corrected chi connectivity index (χ2v) is 14.8. The van der Waals surface area contributed by atoms with Crippen LogP contribution in [-0.2, 0) is 5.41 Å². The van der Waals surface area contributed by atoms with E-state index in [-0.39, 0.29) is 13.4 Å². The van der Waals surface area contributed by atoms with Crippen molar-refractivity contribution >= 4 is 57.0 Å². The van der Waals surface area contributed by atoms with E-state index >= 15 is 0 Å². The van der Waals surface area contributed by atoms with E-state index in [9.17, 15) is 0 Å². The average molecular weight is 697 g/mol. The van der Waals surface area contributed by atoms with Crippen LogP contribution in [0.5, 0.6) is 0 Å². The molecule has 10 rings (SSSR count). The Hall–Kier alpha value is -6.63. The lowest BCUT2D eigenvalue weighted by molar-refractivity contribution is 0.778. The summed E-state index contributed by atoms with van der Waals surface area (Å²) < 4.78 is 0. The van der Waals surface area contributed by atoms with E-state index < -0.39 is 5.41 Å². The van der Waals surface area contributed by atoms with Gasteiger partial charge in [0, 0.05) is 0 Å². The van der Waals surface area contributed by atoms with Crippen LogP contribution in [0.25, 0.3) is 21.9 Å². The van der Waals surface area contributed by atoms with E-state index in [4.69, 9.17) is 0 Å². The Bertz CT molecular complexity index is 2530. The van der Waals surface area contributed by atoms with Crippen LogP contribution in [-0.4, -0.2) is 13.4 Å². The lowest BCUT2D eigenvalue weighted by atomic mass is 9.36. The SMILES string of the molecule is c1ccc(B(c2ccccc2)c2ccc3c(c2)C(c2ccccc2)(c2cccc4ccccc24)c2cc(B(c4ccccc4)c4ccccc4)ccc2-3)cc1. The van der Waals surface area contributed by atoms with Crippen molar-refractivity contribution in [2.75, 3.05) is 0 Å². The zero-order valence-corrected chi connectivity index (χ0v) is 30.6. The summed E-state index contributed by atoms with van der Waals surface area (Å²) in [7, 11) is 0. The Morgan fingerprint density at radius 2 is 0.655 bits per heavy atom. The van der Waals surface area contributed by atoms with Crippen molar-refractivity contribution in [2.45, 2.75) is 5.41 Å². The predicted octanol–water partition coefficient (Wildman–Crippen LogP) is 8.24. The second-order valence-electron chi connectivity index (χ2n) is 14.8. The van der Waals surface area contributed by atoms with Gasteiger partial charge in [0.2, 0.25) is 13.4 Å². The maximum absolute atomic E-state index is 2.54. The fourth-order valence-corrected chi connectivity index (χ4v) is 9.45. The molecule has 0 aliphatic heterocycles. The average Bonchev–Trinajstić information content (AvgIpc) is 3.55. The summed E-state index contributed by atoms with van der Waals surface area (Å²) in [5, 5.41) is 2.52. The smallest absolute Gasteiger partial charge is 0.0687 e. The lowest BCUT2D eigenvalue weighted by Crippen LogP contribution is -2.52. The first kappa shape index (κ1) is 33.0. The van der Waals surface area contributed by atoms with E-state index in [2.05, 4.69) is 231 Å². The highest BCUT2D eigenvalue weighted by atomic mass is 14.5. The fourth-order valence-electron chi connectivity index (χ4n) is 9.45. The molecule has 55 heavy (non-hydrogen) atoms. The number of hydrogen-bond acceptors (Lipinski definition) is 0. The predicted molar refractivity (Wildman–Crippen MR) is 236 cm³/mol. The molecule has 0 amide bonds. The number of rotatable bonds is 8. The van der Waals surface area contributed by atoms with Crippen molar-refractivity contribution in [1.29, 1.82) is 0 Å². The molecule has 0 atom stereocenters. The molecule has 0 spiro atoms. The van der Waals surface area contributed by atoms with E-state index in [0.29, 0.717) is 0 Å². The first-order chi connectivity index (χ1) is 27.3. The summed E-state index contributed by atoms with van der Waals surface area (Å²) in [5.74, 6) is 0. The Kier molecular flexibility index (Phi) is 8.38. The monoisotopic (exact) mass is 696 g/mol. The van der Waals surface area contributed by atoms with Gasteiger partial charge in [0.25, 0.3) is 0 Å². The van der Waals surface area contributed by atoms with Crippen LogP contribution in [0.4, 0.5) is 0 Å². The quantitative estimate of drug-likeness (QED) is 0.141. The largest absolute Gasteiger partial charge is 0.241 e. The molecule has 0 heterocycles. The van der Waals surface area contributed by atoms with Crippen molar-refractivity contribution in [3.63, 3.8) is 0 Å². The molecule has 0 bridgehead atoms. The van der Waals surface area contributed by atoms with Gasteiger partial charge in [-0.25, -0.2) is 0 Å². The maximum Gasteiger partial charge on any atom is 0.241 e. The molecule has 9 aromatic carbocycles. The van der Waals surface area contributed by atoms with Gasteiger partial charge in [-0.1, -0.05) is 263 Å². The highest BCUT2D eigenvalue weighted by Crippen LogP contribution is 2.56. The summed E-state index contributed by atoms with van der Waals surface area (Å²) >= 11 is 0. The lowest BCUT2D eigenvalue weighted by Gasteiger charge is -2.36. The van der Waals surface area contributed by atoms with E-state index in [0.717, 1.165) is 0 Å². The number of hydrogen-bond donors (Lipinski definition) is 0. The molecule has 0 saturated heterocycles. The van der Waals surface area contributed by atoms with E-state index in [1.807, 2.05) is 0 Å². The summed E-state index contributed by atoms with van der Waals surface area (Å²) in [6, 6.07) is 85.6. The molecular formula is C53H38B2. The van der Waals surface area contributed by atoms with Crippen molar-refractivity contribution in [1.82, 2.24) is 0 Å². The molecule has 0 unspecified atom stereocenters. The highest BCUT2D eigenvalue weighted by molar-refractivity contribution is 6.96. The second kappa shape index (κ2) is 14.0. The topological polar surface area (TPSA) is 0 Å². The van der Waals surface area contributed by atoms with Crippen molar-refractivity contribution in [2.24, 2.45) is 0 Å². The van der Waals surface area contributed by atoms with Gasteiger partial charge < -0.3 is 0 Å². The molecule has 9 aromatic rings. The van der Waals surface area contributed by atoms with Gasteiger partial charge in [-0.3, -0.25) is 0 Å². The first-order valence-corrected chi connectivity index (χ1v) is 19.3. The van der Waals surface area contributed by atoms with Gasteiger partial charge >= 0.3 is 0 Å². The maximum atomic E-state index is 2.54. The van der Waals surface area contributed by atoms with E-state index in [1.165, 1.54) is 76.9 Å². The van der Waals surface area contributed by atoms with Crippen LogP contribution >= 0.6 is 0 Å². The zero-order valence-electron chi connectivity index (χ0n) is 30.6. The van der Waals surface area contributed by atoms with Crippen LogP contribution in [0, 0.1) is 0 Å². The van der Waals surface area contributed by atoms with Gasteiger partial charge in [0.1, 0.15) is 0 Å². The minimum absolute atomic E-state index is 0.0773. The van der Waals surface area contributed by atoms with Crippen molar-refractivity contribution in [3.05, 3.63) is 253 Å². The Balaban J connectivity index is 1.30. The van der Waals surface area contributed by atoms with Crippen LogP contribution in [0.15, 0.2) is 231 Å². The highest BCUT2D eigenvalue weighted by Gasteiger charge is 2.48. The van der Waals surface area contributed by atoms with Gasteiger partial charge in [0.05, 0.1) is 5.41 Å². The van der Waals surface area contributed by atoms with E-state index in [1.54, 1.807) is 0 Å². The minimum Gasteiger partial charge on any atom is -0.0687 e. The molecule has 0 nitrogen and oxygen atoms in total. The van der Waals surface area contributed by atoms with Crippen molar-refractivity contribution < 1.29 is 0 Å². The molecule has 0 N–H and O–H groups in total. The van der Waals surface area contributed by atoms with Gasteiger partial charge in [0.15, 0.2) is 0 Å². The normalized spacial score (nSPS) is 12.5. The molecule has 1 aliphatic rings. The van der Waals surface area contributed by atoms with Crippen molar-refractivity contribution in [3.8, 4) is 11.1 Å². The molecule has 0 radical (unpaired) electrons.